The topological polar surface area (TPSA) is 59.8 Å². The maximum Gasteiger partial charge on any atom is 0.224 e. The van der Waals surface area contributed by atoms with Crippen molar-refractivity contribution in [1.29, 1.82) is 0 Å². The van der Waals surface area contributed by atoms with E-state index >= 15 is 0 Å². The Morgan fingerprint density at radius 2 is 2.23 bits per heavy atom. The van der Waals surface area contributed by atoms with Crippen LogP contribution in [-0.4, -0.2) is 26.7 Å². The van der Waals surface area contributed by atoms with E-state index in [9.17, 15) is 9.18 Å². The zero-order chi connectivity index (χ0) is 16.1. The van der Waals surface area contributed by atoms with Crippen LogP contribution in [0.3, 0.4) is 0 Å². The Morgan fingerprint density at radius 3 is 2.82 bits per heavy atom. The fraction of sp³-hybridized carbons (Fsp3) is 0.400. The number of hydrogen-bond donors (Lipinski definition) is 1. The van der Waals surface area contributed by atoms with Crippen LogP contribution in [0.5, 0.6) is 0 Å². The lowest BCUT2D eigenvalue weighted by Crippen LogP contribution is -2.42. The molecule has 0 spiro atoms. The maximum absolute atomic E-state index is 13.7. The van der Waals surface area contributed by atoms with Gasteiger partial charge in [-0.1, -0.05) is 31.5 Å². The fourth-order valence-corrected chi connectivity index (χ4v) is 2.30. The summed E-state index contributed by atoms with van der Waals surface area (Å²) in [5.41, 5.74) is 0.213. The third-order valence-electron chi connectivity index (χ3n) is 3.40. The van der Waals surface area contributed by atoms with Crippen molar-refractivity contribution in [2.24, 2.45) is 5.92 Å². The van der Waals surface area contributed by atoms with E-state index in [4.69, 9.17) is 11.6 Å². The highest BCUT2D eigenvalue weighted by molar-refractivity contribution is 6.31. The number of hydrogen-bond acceptors (Lipinski definition) is 3. The summed E-state index contributed by atoms with van der Waals surface area (Å²) in [5.74, 6) is -0.546. The number of aromatic nitrogens is 3. The Kier molecular flexibility index (Phi) is 5.49. The van der Waals surface area contributed by atoms with Gasteiger partial charge in [0.05, 0.1) is 19.0 Å². The minimum Gasteiger partial charge on any atom is -0.351 e. The van der Waals surface area contributed by atoms with Gasteiger partial charge in [0.15, 0.2) is 0 Å². The van der Waals surface area contributed by atoms with Gasteiger partial charge in [-0.05, 0) is 18.1 Å². The predicted molar refractivity (Wildman–Crippen MR) is 81.9 cm³/mol. The molecule has 0 aliphatic rings. The molecule has 1 aromatic heterocycles. The zero-order valence-electron chi connectivity index (χ0n) is 12.5. The molecular weight excluding hydrogens is 307 g/mol. The van der Waals surface area contributed by atoms with Gasteiger partial charge in [0.25, 0.3) is 0 Å². The molecule has 0 radical (unpaired) electrons. The van der Waals surface area contributed by atoms with Crippen molar-refractivity contribution < 1.29 is 9.18 Å². The summed E-state index contributed by atoms with van der Waals surface area (Å²) in [4.78, 5) is 16.1. The third-order valence-corrected chi connectivity index (χ3v) is 3.75. The number of carbonyl (C=O) groups is 1. The summed E-state index contributed by atoms with van der Waals surface area (Å²) in [7, 11) is 0. The second kappa shape index (κ2) is 7.35. The first-order chi connectivity index (χ1) is 10.5. The Bertz CT molecular complexity index is 610. The Hall–Kier alpha value is -1.95. The Balaban J connectivity index is 2.02. The maximum atomic E-state index is 13.7. The smallest absolute Gasteiger partial charge is 0.224 e. The van der Waals surface area contributed by atoms with Crippen LogP contribution < -0.4 is 5.32 Å². The SMILES string of the molecule is CC(C)[C@@H](Cn1cncn1)NC(=O)Cc1c(F)cccc1Cl. The van der Waals surface area contributed by atoms with E-state index in [0.29, 0.717) is 6.54 Å². The van der Waals surface area contributed by atoms with Crippen molar-refractivity contribution >= 4 is 17.5 Å². The zero-order valence-corrected chi connectivity index (χ0v) is 13.2. The number of rotatable bonds is 6. The van der Waals surface area contributed by atoms with Gasteiger partial charge >= 0.3 is 0 Å². The van der Waals surface area contributed by atoms with E-state index in [-0.39, 0.29) is 34.9 Å². The van der Waals surface area contributed by atoms with Crippen molar-refractivity contribution in [3.63, 3.8) is 0 Å². The fourth-order valence-electron chi connectivity index (χ4n) is 2.07. The summed E-state index contributed by atoms with van der Waals surface area (Å²) < 4.78 is 15.4. The summed E-state index contributed by atoms with van der Waals surface area (Å²) >= 11 is 5.95. The van der Waals surface area contributed by atoms with Crippen molar-refractivity contribution in [3.05, 3.63) is 47.3 Å². The van der Waals surface area contributed by atoms with Gasteiger partial charge in [0.1, 0.15) is 18.5 Å². The van der Waals surface area contributed by atoms with Crippen LogP contribution in [0, 0.1) is 11.7 Å². The second-order valence-corrected chi connectivity index (χ2v) is 5.82. The van der Waals surface area contributed by atoms with Gasteiger partial charge in [0, 0.05) is 10.6 Å². The van der Waals surface area contributed by atoms with Crippen LogP contribution in [0.15, 0.2) is 30.9 Å². The predicted octanol–water partition coefficient (Wildman–Crippen LogP) is 2.45. The van der Waals surface area contributed by atoms with Crippen LogP contribution in [0.25, 0.3) is 0 Å². The minimum absolute atomic E-state index is 0.0912. The molecule has 5 nitrogen and oxygen atoms in total. The highest BCUT2D eigenvalue weighted by Crippen LogP contribution is 2.19. The quantitative estimate of drug-likeness (QED) is 0.888. The molecular formula is C15H18ClFN4O. The summed E-state index contributed by atoms with van der Waals surface area (Å²) in [6, 6.07) is 4.26. The van der Waals surface area contributed by atoms with Crippen LogP contribution >= 0.6 is 11.6 Å². The third kappa shape index (κ3) is 4.27. The van der Waals surface area contributed by atoms with Crippen molar-refractivity contribution in [2.45, 2.75) is 32.9 Å². The lowest BCUT2D eigenvalue weighted by atomic mass is 10.0. The summed E-state index contributed by atoms with van der Waals surface area (Å²) in [6.07, 6.45) is 2.94. The first kappa shape index (κ1) is 16.4. The number of amides is 1. The molecule has 0 aliphatic carbocycles. The highest BCUT2D eigenvalue weighted by atomic mass is 35.5. The molecule has 2 aromatic rings. The van der Waals surface area contributed by atoms with Gasteiger partial charge < -0.3 is 5.32 Å². The van der Waals surface area contributed by atoms with E-state index in [1.165, 1.54) is 18.5 Å². The molecule has 118 valence electrons. The molecule has 7 heteroatoms. The van der Waals surface area contributed by atoms with Gasteiger partial charge in [-0.25, -0.2) is 9.37 Å². The molecule has 2 rings (SSSR count). The first-order valence-corrected chi connectivity index (χ1v) is 7.40. The molecule has 1 amide bonds. The lowest BCUT2D eigenvalue weighted by Gasteiger charge is -2.22. The molecule has 0 bridgehead atoms. The average Bonchev–Trinajstić information content (AvgIpc) is 2.95. The van der Waals surface area contributed by atoms with E-state index in [1.54, 1.807) is 17.1 Å². The molecule has 1 N–H and O–H groups in total. The number of nitrogens with one attached hydrogen (secondary N) is 1. The summed E-state index contributed by atoms with van der Waals surface area (Å²) in [6.45, 7) is 4.50. The monoisotopic (exact) mass is 324 g/mol. The van der Waals surface area contributed by atoms with Gasteiger partial charge in [-0.2, -0.15) is 5.10 Å². The molecule has 1 aromatic carbocycles. The molecule has 0 fully saturated rings. The van der Waals surface area contributed by atoms with Crippen LogP contribution in [0.2, 0.25) is 5.02 Å². The van der Waals surface area contributed by atoms with E-state index < -0.39 is 5.82 Å². The molecule has 22 heavy (non-hydrogen) atoms. The number of nitrogens with zero attached hydrogens (tertiary/aromatic N) is 3. The van der Waals surface area contributed by atoms with E-state index in [0.717, 1.165) is 0 Å². The first-order valence-electron chi connectivity index (χ1n) is 7.02. The van der Waals surface area contributed by atoms with Crippen LogP contribution in [0.1, 0.15) is 19.4 Å². The number of carbonyl (C=O) groups excluding carboxylic acids is 1. The largest absolute Gasteiger partial charge is 0.351 e. The van der Waals surface area contributed by atoms with Gasteiger partial charge in [0.2, 0.25) is 5.91 Å². The number of benzene rings is 1. The van der Waals surface area contributed by atoms with Crippen LogP contribution in [-0.2, 0) is 17.8 Å². The summed E-state index contributed by atoms with van der Waals surface area (Å²) in [5, 5.41) is 7.19. The Labute approximate surface area is 133 Å². The van der Waals surface area contributed by atoms with E-state index in [1.807, 2.05) is 13.8 Å². The molecule has 0 saturated heterocycles. The highest BCUT2D eigenvalue weighted by Gasteiger charge is 2.19. The average molecular weight is 325 g/mol. The lowest BCUT2D eigenvalue weighted by molar-refractivity contribution is -0.121. The van der Waals surface area contributed by atoms with Crippen molar-refractivity contribution in [3.8, 4) is 0 Å². The van der Waals surface area contributed by atoms with Crippen molar-refractivity contribution in [2.75, 3.05) is 0 Å². The normalized spacial score (nSPS) is 12.4. The molecule has 0 unspecified atom stereocenters. The minimum atomic E-state index is -0.472. The number of halogens is 2. The molecule has 0 saturated carbocycles. The van der Waals surface area contributed by atoms with E-state index in [2.05, 4.69) is 15.4 Å². The van der Waals surface area contributed by atoms with Gasteiger partial charge in [-0.15, -0.1) is 0 Å². The molecule has 0 aliphatic heterocycles. The second-order valence-electron chi connectivity index (χ2n) is 5.41. The molecule has 1 heterocycles. The Morgan fingerprint density at radius 1 is 1.45 bits per heavy atom. The molecule has 1 atom stereocenters. The van der Waals surface area contributed by atoms with Crippen molar-refractivity contribution in [1.82, 2.24) is 20.1 Å². The standard InChI is InChI=1S/C15H18ClFN4O/c1-10(2)14(7-21-9-18-8-19-21)20-15(22)6-11-12(16)4-3-5-13(11)17/h3-5,8-10,14H,6-7H2,1-2H3,(H,20,22)/t14-/m1/s1. The van der Waals surface area contributed by atoms with Gasteiger partial charge in [-0.3, -0.25) is 9.48 Å². The van der Waals surface area contributed by atoms with Crippen LogP contribution in [0.4, 0.5) is 4.39 Å².